The number of hydrogen-bond acceptors (Lipinski definition) is 6. The van der Waals surface area contributed by atoms with Gasteiger partial charge in [0.05, 0.1) is 25.2 Å². The normalized spacial score (nSPS) is 28.3. The summed E-state index contributed by atoms with van der Waals surface area (Å²) in [6.07, 6.45) is 6.36. The van der Waals surface area contributed by atoms with Crippen LogP contribution in [0.1, 0.15) is 12.0 Å². The highest BCUT2D eigenvalue weighted by atomic mass is 79.9. The number of carbonyl (C=O) groups excluding carboxylic acids is 3. The first-order chi connectivity index (χ1) is 13.0. The zero-order valence-electron chi connectivity index (χ0n) is 14.5. The molecule has 1 saturated heterocycles. The van der Waals surface area contributed by atoms with Gasteiger partial charge in [0.15, 0.2) is 6.61 Å². The molecule has 4 rings (SSSR count). The topological polar surface area (TPSA) is 85.3 Å². The lowest BCUT2D eigenvalue weighted by Gasteiger charge is -2.13. The van der Waals surface area contributed by atoms with Crippen LogP contribution in [0.4, 0.5) is 0 Å². The number of carbonyl (C=O) groups is 3. The van der Waals surface area contributed by atoms with E-state index in [2.05, 4.69) is 25.8 Å². The van der Waals surface area contributed by atoms with E-state index in [0.717, 1.165) is 15.9 Å². The van der Waals surface area contributed by atoms with E-state index in [4.69, 9.17) is 4.74 Å². The number of fused-ring (bicyclic) bond motifs is 5. The molecule has 0 unspecified atom stereocenters. The molecule has 2 fully saturated rings. The second kappa shape index (κ2) is 6.92. The molecular formula is C19H17BrN2O5. The number of allylic oxidation sites excluding steroid dienone is 2. The summed E-state index contributed by atoms with van der Waals surface area (Å²) in [4.78, 5) is 36.6. The summed E-state index contributed by atoms with van der Waals surface area (Å²) in [6.45, 7) is -0.250. The molecular weight excluding hydrogens is 416 g/mol. The minimum Gasteiger partial charge on any atom is -0.481 e. The van der Waals surface area contributed by atoms with E-state index in [1.165, 1.54) is 13.3 Å². The third-order valence-corrected chi connectivity index (χ3v) is 5.80. The molecule has 1 heterocycles. The van der Waals surface area contributed by atoms with Gasteiger partial charge in [-0.2, -0.15) is 10.1 Å². The molecule has 2 bridgehead atoms. The van der Waals surface area contributed by atoms with Crippen LogP contribution in [0.2, 0.25) is 0 Å². The number of hydrazone groups is 1. The van der Waals surface area contributed by atoms with Gasteiger partial charge in [0, 0.05) is 10.0 Å². The molecule has 140 valence electrons. The molecule has 27 heavy (non-hydrogen) atoms. The van der Waals surface area contributed by atoms with Crippen molar-refractivity contribution in [2.24, 2.45) is 28.8 Å². The smallest absolute Gasteiger partial charge is 0.343 e. The fourth-order valence-electron chi connectivity index (χ4n) is 4.07. The van der Waals surface area contributed by atoms with Gasteiger partial charge in [-0.25, -0.2) is 4.79 Å². The number of rotatable bonds is 5. The number of ether oxygens (including phenoxy) is 2. The lowest BCUT2D eigenvalue weighted by molar-refractivity contribution is -0.143. The van der Waals surface area contributed by atoms with Crippen LogP contribution < -0.4 is 4.74 Å². The lowest BCUT2D eigenvalue weighted by atomic mass is 9.85. The van der Waals surface area contributed by atoms with Crippen LogP contribution in [-0.2, 0) is 19.1 Å². The summed E-state index contributed by atoms with van der Waals surface area (Å²) in [5.41, 5.74) is 0.534. The molecule has 1 aromatic rings. The van der Waals surface area contributed by atoms with Crippen LogP contribution in [-0.4, -0.2) is 42.7 Å². The molecule has 2 aliphatic carbocycles. The van der Waals surface area contributed by atoms with Crippen molar-refractivity contribution >= 4 is 39.9 Å². The predicted molar refractivity (Wildman–Crippen MR) is 98.8 cm³/mol. The molecule has 1 aliphatic heterocycles. The number of benzene rings is 1. The fourth-order valence-corrected chi connectivity index (χ4v) is 4.45. The van der Waals surface area contributed by atoms with Crippen LogP contribution in [0.25, 0.3) is 0 Å². The van der Waals surface area contributed by atoms with Gasteiger partial charge in [0.2, 0.25) is 0 Å². The number of hydrogen-bond donors (Lipinski definition) is 0. The Kier molecular flexibility index (Phi) is 4.59. The van der Waals surface area contributed by atoms with Crippen molar-refractivity contribution < 1.29 is 23.9 Å². The molecule has 0 aromatic heterocycles. The maximum atomic E-state index is 12.7. The van der Waals surface area contributed by atoms with E-state index >= 15 is 0 Å². The number of methoxy groups -OCH3 is 1. The minimum atomic E-state index is -0.512. The van der Waals surface area contributed by atoms with E-state index in [9.17, 15) is 14.4 Å². The Morgan fingerprint density at radius 1 is 1.26 bits per heavy atom. The van der Waals surface area contributed by atoms with Crippen LogP contribution in [0.3, 0.4) is 0 Å². The molecule has 0 radical (unpaired) electrons. The van der Waals surface area contributed by atoms with Gasteiger partial charge >= 0.3 is 5.97 Å². The lowest BCUT2D eigenvalue weighted by Crippen LogP contribution is -2.28. The maximum Gasteiger partial charge on any atom is 0.343 e. The summed E-state index contributed by atoms with van der Waals surface area (Å²) < 4.78 is 10.8. The van der Waals surface area contributed by atoms with Crippen molar-refractivity contribution in [2.45, 2.75) is 6.42 Å². The molecule has 1 aromatic carbocycles. The second-order valence-corrected chi connectivity index (χ2v) is 7.70. The standard InChI is InChI=1S/C19H17BrN2O5/c1-26-15(23)9-27-14-5-4-13(20)7-12(14)8-21-22-18(24)16-10-2-3-11(6-10)17(16)19(22)25/h2-5,7-8,10-11,16-17H,6,9H2,1H3/t10-,11-,16-,17+/m0/s1. The van der Waals surface area contributed by atoms with E-state index in [1.54, 1.807) is 18.2 Å². The number of esters is 1. The van der Waals surface area contributed by atoms with Crippen LogP contribution in [0.5, 0.6) is 5.75 Å². The highest BCUT2D eigenvalue weighted by molar-refractivity contribution is 9.10. The third-order valence-electron chi connectivity index (χ3n) is 5.30. The first kappa shape index (κ1) is 17.9. The van der Waals surface area contributed by atoms with Crippen molar-refractivity contribution in [1.29, 1.82) is 0 Å². The SMILES string of the molecule is COC(=O)COc1ccc(Br)cc1C=NN1C(=O)[C@@H]2[C@H](C1=O)[C@H]1C=C[C@H]2C1. The molecule has 0 N–H and O–H groups in total. The van der Waals surface area contributed by atoms with E-state index in [1.807, 2.05) is 12.2 Å². The van der Waals surface area contributed by atoms with Gasteiger partial charge in [-0.15, -0.1) is 0 Å². The number of halogens is 1. The van der Waals surface area contributed by atoms with Crippen LogP contribution in [0.15, 0.2) is 39.9 Å². The second-order valence-electron chi connectivity index (χ2n) is 6.78. The van der Waals surface area contributed by atoms with Crippen molar-refractivity contribution in [2.75, 3.05) is 13.7 Å². The average Bonchev–Trinajstić information content (AvgIpc) is 3.33. The summed E-state index contributed by atoms with van der Waals surface area (Å²) in [6, 6.07) is 5.15. The van der Waals surface area contributed by atoms with Gasteiger partial charge in [0.25, 0.3) is 11.8 Å². The van der Waals surface area contributed by atoms with Crippen molar-refractivity contribution in [1.82, 2.24) is 5.01 Å². The molecule has 2 amide bonds. The van der Waals surface area contributed by atoms with Gasteiger partial charge in [-0.1, -0.05) is 28.1 Å². The summed E-state index contributed by atoms with van der Waals surface area (Å²) in [5.74, 6) is -0.905. The predicted octanol–water partition coefficient (Wildman–Crippen LogP) is 2.14. The van der Waals surface area contributed by atoms with Crippen molar-refractivity contribution in [3.63, 3.8) is 0 Å². The van der Waals surface area contributed by atoms with E-state index in [-0.39, 0.29) is 42.1 Å². The van der Waals surface area contributed by atoms with E-state index < -0.39 is 5.97 Å². The summed E-state index contributed by atoms with van der Waals surface area (Å²) >= 11 is 3.37. The molecule has 3 aliphatic rings. The van der Waals surface area contributed by atoms with Gasteiger partial charge in [0.1, 0.15) is 5.75 Å². The van der Waals surface area contributed by atoms with E-state index in [0.29, 0.717) is 11.3 Å². The Morgan fingerprint density at radius 2 is 1.93 bits per heavy atom. The first-order valence-electron chi connectivity index (χ1n) is 8.59. The van der Waals surface area contributed by atoms with Gasteiger partial charge < -0.3 is 9.47 Å². The molecule has 0 spiro atoms. The Labute approximate surface area is 164 Å². The zero-order valence-corrected chi connectivity index (χ0v) is 16.1. The van der Waals surface area contributed by atoms with Crippen LogP contribution >= 0.6 is 15.9 Å². The summed E-state index contributed by atoms with van der Waals surface area (Å²) in [7, 11) is 1.28. The Bertz CT molecular complexity index is 851. The maximum absolute atomic E-state index is 12.7. The van der Waals surface area contributed by atoms with Gasteiger partial charge in [-0.05, 0) is 36.5 Å². The molecule has 1 saturated carbocycles. The number of nitrogens with zero attached hydrogens (tertiary/aromatic N) is 2. The van der Waals surface area contributed by atoms with Crippen molar-refractivity contribution in [3.8, 4) is 5.75 Å². The highest BCUT2D eigenvalue weighted by Gasteiger charge is 2.59. The third kappa shape index (κ3) is 3.07. The number of imide groups is 1. The largest absolute Gasteiger partial charge is 0.481 e. The number of amides is 2. The quantitative estimate of drug-likeness (QED) is 0.308. The molecule has 4 atom stereocenters. The van der Waals surface area contributed by atoms with Crippen LogP contribution in [0, 0.1) is 23.7 Å². The first-order valence-corrected chi connectivity index (χ1v) is 9.38. The minimum absolute atomic E-state index is 0.140. The fraction of sp³-hybridized carbons (Fsp3) is 0.368. The Balaban J connectivity index is 1.55. The molecule has 7 nitrogen and oxygen atoms in total. The Morgan fingerprint density at radius 3 is 2.56 bits per heavy atom. The highest BCUT2D eigenvalue weighted by Crippen LogP contribution is 2.52. The Hall–Kier alpha value is -2.48. The summed E-state index contributed by atoms with van der Waals surface area (Å²) in [5, 5.41) is 5.13. The molecule has 8 heteroatoms. The van der Waals surface area contributed by atoms with Crippen molar-refractivity contribution in [3.05, 3.63) is 40.4 Å². The monoisotopic (exact) mass is 432 g/mol. The average molecular weight is 433 g/mol. The van der Waals surface area contributed by atoms with Gasteiger partial charge in [-0.3, -0.25) is 9.59 Å². The zero-order chi connectivity index (χ0) is 19.1.